The molecule has 0 aromatic heterocycles. The van der Waals surface area contributed by atoms with Gasteiger partial charge in [0.15, 0.2) is 0 Å². The molecule has 1 aliphatic carbocycles. The van der Waals surface area contributed by atoms with E-state index in [-0.39, 0.29) is 0 Å². The summed E-state index contributed by atoms with van der Waals surface area (Å²) >= 11 is 8.33. The van der Waals surface area contributed by atoms with Crippen LogP contribution in [0.1, 0.15) is 29.9 Å². The van der Waals surface area contributed by atoms with Crippen LogP contribution in [0.3, 0.4) is 0 Å². The number of halogens is 2. The third kappa shape index (κ3) is 1.62. The lowest BCUT2D eigenvalue weighted by atomic mass is 10.1. The molecule has 1 fully saturated rings. The van der Waals surface area contributed by atoms with Crippen LogP contribution in [0.15, 0.2) is 12.1 Å². The van der Waals surface area contributed by atoms with Crippen LogP contribution in [-0.4, -0.2) is 0 Å². The molecule has 0 saturated heterocycles. The van der Waals surface area contributed by atoms with Crippen molar-refractivity contribution in [2.75, 3.05) is 0 Å². The molecule has 2 rings (SSSR count). The molecule has 64 valence electrons. The molecule has 0 spiro atoms. The van der Waals surface area contributed by atoms with E-state index in [0.717, 1.165) is 14.5 Å². The molecule has 1 saturated carbocycles. The zero-order valence-electron chi connectivity index (χ0n) is 6.90. The summed E-state index contributed by atoms with van der Waals surface area (Å²) in [6.07, 6.45) is 2.69. The van der Waals surface area contributed by atoms with Crippen LogP contribution in [0.5, 0.6) is 0 Å². The van der Waals surface area contributed by atoms with Crippen molar-refractivity contribution in [3.63, 3.8) is 0 Å². The summed E-state index contributed by atoms with van der Waals surface area (Å²) in [5.74, 6) is 0.805. The third-order valence-electron chi connectivity index (χ3n) is 2.33. The Hall–Kier alpha value is 0.240. The fraction of sp³-hybridized carbons (Fsp3) is 0.400. The Morgan fingerprint density at radius 2 is 2.08 bits per heavy atom. The van der Waals surface area contributed by atoms with Crippen molar-refractivity contribution in [3.05, 3.63) is 31.9 Å². The number of hydrogen-bond acceptors (Lipinski definition) is 0. The molecule has 1 aromatic rings. The molecule has 0 heterocycles. The molecule has 12 heavy (non-hydrogen) atoms. The fourth-order valence-electron chi connectivity index (χ4n) is 1.50. The van der Waals surface area contributed by atoms with Gasteiger partial charge in [-0.3, -0.25) is 0 Å². The monoisotopic (exact) mass is 292 g/mol. The van der Waals surface area contributed by atoms with E-state index in [9.17, 15) is 0 Å². The van der Waals surface area contributed by atoms with Crippen molar-refractivity contribution in [2.45, 2.75) is 25.7 Å². The SMILES string of the molecule is Cc1cc(I)c(Cl)cc1C1CC1. The first-order chi connectivity index (χ1) is 5.68. The first kappa shape index (κ1) is 8.82. The lowest BCUT2D eigenvalue weighted by Crippen LogP contribution is -1.87. The second kappa shape index (κ2) is 3.18. The van der Waals surface area contributed by atoms with E-state index in [2.05, 4.69) is 41.6 Å². The van der Waals surface area contributed by atoms with Crippen molar-refractivity contribution in [1.82, 2.24) is 0 Å². The highest BCUT2D eigenvalue weighted by Crippen LogP contribution is 2.42. The first-order valence-electron chi connectivity index (χ1n) is 4.14. The topological polar surface area (TPSA) is 0 Å². The summed E-state index contributed by atoms with van der Waals surface area (Å²) in [6.45, 7) is 2.17. The van der Waals surface area contributed by atoms with Gasteiger partial charge in [0.1, 0.15) is 0 Å². The second-order valence-electron chi connectivity index (χ2n) is 3.40. The van der Waals surface area contributed by atoms with Gasteiger partial charge in [0.2, 0.25) is 0 Å². The van der Waals surface area contributed by atoms with Crippen LogP contribution in [0.2, 0.25) is 5.02 Å². The highest BCUT2D eigenvalue weighted by molar-refractivity contribution is 14.1. The van der Waals surface area contributed by atoms with Gasteiger partial charge in [-0.05, 0) is 71.5 Å². The molecule has 0 unspecified atom stereocenters. The molecule has 0 bridgehead atoms. The average molecular weight is 293 g/mol. The Balaban J connectivity index is 2.47. The maximum atomic E-state index is 6.05. The van der Waals surface area contributed by atoms with Gasteiger partial charge >= 0.3 is 0 Å². The summed E-state index contributed by atoms with van der Waals surface area (Å²) in [4.78, 5) is 0. The van der Waals surface area contributed by atoms with Crippen LogP contribution in [0, 0.1) is 10.5 Å². The molecular formula is C10H10ClI. The lowest BCUT2D eigenvalue weighted by Gasteiger charge is -2.05. The molecule has 0 atom stereocenters. The summed E-state index contributed by atoms with van der Waals surface area (Å²) < 4.78 is 1.16. The molecule has 0 nitrogen and oxygen atoms in total. The van der Waals surface area contributed by atoms with E-state index in [0.29, 0.717) is 0 Å². The predicted molar refractivity (Wildman–Crippen MR) is 60.9 cm³/mol. The van der Waals surface area contributed by atoms with Gasteiger partial charge in [-0.1, -0.05) is 11.6 Å². The minimum atomic E-state index is 0.805. The standard InChI is InChI=1S/C10H10ClI/c1-6-4-10(12)9(11)5-8(6)7-2-3-7/h4-5,7H,2-3H2,1H3. The van der Waals surface area contributed by atoms with Gasteiger partial charge < -0.3 is 0 Å². The summed E-state index contributed by atoms with van der Waals surface area (Å²) in [7, 11) is 0. The van der Waals surface area contributed by atoms with Gasteiger partial charge in [-0.25, -0.2) is 0 Å². The van der Waals surface area contributed by atoms with Gasteiger partial charge in [0, 0.05) is 3.57 Å². The molecule has 1 aliphatic rings. The predicted octanol–water partition coefficient (Wildman–Crippen LogP) is 4.13. The number of hydrogen-bond donors (Lipinski definition) is 0. The zero-order valence-corrected chi connectivity index (χ0v) is 9.82. The molecule has 2 heteroatoms. The molecule has 0 radical (unpaired) electrons. The number of rotatable bonds is 1. The summed E-state index contributed by atoms with van der Waals surface area (Å²) in [5, 5.41) is 0.906. The largest absolute Gasteiger partial charge is 0.0832 e. The van der Waals surface area contributed by atoms with E-state index in [1.807, 2.05) is 0 Å². The average Bonchev–Trinajstić information content (AvgIpc) is 2.79. The lowest BCUT2D eigenvalue weighted by molar-refractivity contribution is 1.10. The quantitative estimate of drug-likeness (QED) is 0.683. The second-order valence-corrected chi connectivity index (χ2v) is 4.97. The summed E-state index contributed by atoms with van der Waals surface area (Å²) in [5.41, 5.74) is 2.85. The number of benzene rings is 1. The Morgan fingerprint density at radius 1 is 1.42 bits per heavy atom. The van der Waals surface area contributed by atoms with Crippen molar-refractivity contribution >= 4 is 34.2 Å². The highest BCUT2D eigenvalue weighted by Gasteiger charge is 2.25. The van der Waals surface area contributed by atoms with E-state index in [1.54, 1.807) is 0 Å². The zero-order chi connectivity index (χ0) is 8.72. The van der Waals surface area contributed by atoms with Crippen molar-refractivity contribution in [1.29, 1.82) is 0 Å². The van der Waals surface area contributed by atoms with Crippen molar-refractivity contribution < 1.29 is 0 Å². The normalized spacial score (nSPS) is 16.6. The molecule has 0 aliphatic heterocycles. The highest BCUT2D eigenvalue weighted by atomic mass is 127. The minimum absolute atomic E-state index is 0.805. The van der Waals surface area contributed by atoms with Crippen LogP contribution in [-0.2, 0) is 0 Å². The van der Waals surface area contributed by atoms with Crippen LogP contribution in [0.4, 0.5) is 0 Å². The van der Waals surface area contributed by atoms with Crippen molar-refractivity contribution in [2.24, 2.45) is 0 Å². The molecule has 0 amide bonds. The van der Waals surface area contributed by atoms with E-state index >= 15 is 0 Å². The molecular weight excluding hydrogens is 282 g/mol. The third-order valence-corrected chi connectivity index (χ3v) is 3.85. The van der Waals surface area contributed by atoms with Gasteiger partial charge in [0.25, 0.3) is 0 Å². The van der Waals surface area contributed by atoms with Crippen molar-refractivity contribution in [3.8, 4) is 0 Å². The Morgan fingerprint density at radius 3 is 2.67 bits per heavy atom. The molecule has 0 N–H and O–H groups in total. The Kier molecular flexibility index (Phi) is 2.34. The van der Waals surface area contributed by atoms with Crippen LogP contribution in [0.25, 0.3) is 0 Å². The maximum Gasteiger partial charge on any atom is 0.0542 e. The Bertz CT molecular complexity index is 316. The van der Waals surface area contributed by atoms with Crippen LogP contribution >= 0.6 is 34.2 Å². The Labute approximate surface area is 91.5 Å². The maximum absolute atomic E-state index is 6.05. The van der Waals surface area contributed by atoms with Gasteiger partial charge in [-0.15, -0.1) is 0 Å². The van der Waals surface area contributed by atoms with Gasteiger partial charge in [0.05, 0.1) is 5.02 Å². The summed E-state index contributed by atoms with van der Waals surface area (Å²) in [6, 6.07) is 4.31. The molecule has 1 aromatic carbocycles. The van der Waals surface area contributed by atoms with E-state index in [4.69, 9.17) is 11.6 Å². The first-order valence-corrected chi connectivity index (χ1v) is 5.59. The van der Waals surface area contributed by atoms with E-state index in [1.165, 1.54) is 24.0 Å². The fourth-order valence-corrected chi connectivity index (χ4v) is 2.29. The smallest absolute Gasteiger partial charge is 0.0542 e. The van der Waals surface area contributed by atoms with E-state index < -0.39 is 0 Å². The minimum Gasteiger partial charge on any atom is -0.0832 e. The number of aryl methyl sites for hydroxylation is 1. The van der Waals surface area contributed by atoms with Gasteiger partial charge in [-0.2, -0.15) is 0 Å². The van der Waals surface area contributed by atoms with Crippen LogP contribution < -0.4 is 0 Å².